The van der Waals surface area contributed by atoms with Crippen LogP contribution in [0.4, 0.5) is 5.69 Å². The Morgan fingerprint density at radius 2 is 1.64 bits per heavy atom. The van der Waals surface area contributed by atoms with Gasteiger partial charge >= 0.3 is 0 Å². The van der Waals surface area contributed by atoms with Crippen LogP contribution in [0.1, 0.15) is 37.0 Å². The number of benzene rings is 3. The number of hydrogen-bond acceptors (Lipinski definition) is 4. The van der Waals surface area contributed by atoms with Crippen molar-refractivity contribution in [3.63, 3.8) is 0 Å². The fourth-order valence-electron chi connectivity index (χ4n) is 4.27. The van der Waals surface area contributed by atoms with E-state index >= 15 is 0 Å². The van der Waals surface area contributed by atoms with Crippen molar-refractivity contribution in [1.29, 1.82) is 0 Å². The van der Waals surface area contributed by atoms with Crippen LogP contribution in [-0.2, 0) is 26.2 Å². The molecule has 0 radical (unpaired) electrons. The Kier molecular flexibility index (Phi) is 10.4. The van der Waals surface area contributed by atoms with Crippen molar-refractivity contribution in [2.75, 3.05) is 17.4 Å². The third-order valence-corrected chi connectivity index (χ3v) is 8.70. The van der Waals surface area contributed by atoms with E-state index in [1.54, 1.807) is 63.2 Å². The van der Waals surface area contributed by atoms with Crippen molar-refractivity contribution in [1.82, 2.24) is 10.2 Å². The number of aryl methyl sites for hydroxylation is 2. The van der Waals surface area contributed by atoms with Gasteiger partial charge in [0.05, 0.1) is 10.6 Å². The summed E-state index contributed by atoms with van der Waals surface area (Å²) >= 11 is 12.5. The highest BCUT2D eigenvalue weighted by molar-refractivity contribution is 7.92. The molecule has 10 heteroatoms. The molecule has 0 aliphatic rings. The first-order chi connectivity index (χ1) is 18.5. The van der Waals surface area contributed by atoms with Gasteiger partial charge in [-0.25, -0.2) is 8.42 Å². The largest absolute Gasteiger partial charge is 0.355 e. The number of amides is 2. The Morgan fingerprint density at radius 3 is 2.26 bits per heavy atom. The molecule has 3 aromatic carbocycles. The van der Waals surface area contributed by atoms with Gasteiger partial charge in [-0.2, -0.15) is 0 Å². The van der Waals surface area contributed by atoms with Gasteiger partial charge in [-0.3, -0.25) is 13.9 Å². The molecule has 208 valence electrons. The summed E-state index contributed by atoms with van der Waals surface area (Å²) in [6, 6.07) is 17.5. The van der Waals surface area contributed by atoms with Gasteiger partial charge in [0.25, 0.3) is 10.0 Å². The minimum Gasteiger partial charge on any atom is -0.355 e. The molecule has 7 nitrogen and oxygen atoms in total. The van der Waals surface area contributed by atoms with Gasteiger partial charge in [-0.1, -0.05) is 66.5 Å². The van der Waals surface area contributed by atoms with Crippen molar-refractivity contribution in [2.24, 2.45) is 0 Å². The van der Waals surface area contributed by atoms with Crippen LogP contribution in [0.2, 0.25) is 10.0 Å². The smallest absolute Gasteiger partial charge is 0.264 e. The molecule has 0 aliphatic heterocycles. The summed E-state index contributed by atoms with van der Waals surface area (Å²) in [7, 11) is -4.13. The molecule has 1 atom stereocenters. The predicted molar refractivity (Wildman–Crippen MR) is 157 cm³/mol. The maximum atomic E-state index is 14.1. The Balaban J connectivity index is 2.11. The summed E-state index contributed by atoms with van der Waals surface area (Å²) < 4.78 is 29.0. The van der Waals surface area contributed by atoms with Gasteiger partial charge in [0.1, 0.15) is 12.6 Å². The molecule has 39 heavy (non-hydrogen) atoms. The van der Waals surface area contributed by atoms with E-state index in [0.717, 1.165) is 9.87 Å². The van der Waals surface area contributed by atoms with Crippen LogP contribution in [0.3, 0.4) is 0 Å². The first-order valence-electron chi connectivity index (χ1n) is 12.7. The summed E-state index contributed by atoms with van der Waals surface area (Å²) in [6.45, 7) is 7.11. The minimum absolute atomic E-state index is 0.00347. The summed E-state index contributed by atoms with van der Waals surface area (Å²) in [5.74, 6) is -0.873. The van der Waals surface area contributed by atoms with E-state index in [1.807, 2.05) is 19.1 Å². The van der Waals surface area contributed by atoms with Gasteiger partial charge in [-0.15, -0.1) is 0 Å². The van der Waals surface area contributed by atoms with Gasteiger partial charge < -0.3 is 10.2 Å². The van der Waals surface area contributed by atoms with Crippen LogP contribution in [0, 0.1) is 13.8 Å². The van der Waals surface area contributed by atoms with Gasteiger partial charge in [-0.05, 0) is 74.2 Å². The van der Waals surface area contributed by atoms with Gasteiger partial charge in [0.15, 0.2) is 0 Å². The molecule has 0 aliphatic carbocycles. The van der Waals surface area contributed by atoms with Crippen LogP contribution in [0.5, 0.6) is 0 Å². The molecular weight excluding hydrogens is 557 g/mol. The number of anilines is 1. The molecule has 0 heterocycles. The number of likely N-dealkylation sites (N-methyl/N-ethyl adjacent to an activating group) is 1. The standard InChI is InChI=1S/C29H33Cl2N3O4S/c1-5-26(29(36)32-6-2)33(18-22-14-15-23(30)17-25(22)31)28(35)19-34(27-16-20(3)12-13-21(27)4)39(37,38)24-10-8-7-9-11-24/h7-17,26H,5-6,18-19H2,1-4H3,(H,32,36). The summed E-state index contributed by atoms with van der Waals surface area (Å²) in [5.41, 5.74) is 2.51. The number of halogens is 2. The number of carbonyl (C=O) groups is 2. The molecule has 1 N–H and O–H groups in total. The van der Waals surface area contributed by atoms with Crippen molar-refractivity contribution in [3.8, 4) is 0 Å². The molecule has 1 unspecified atom stereocenters. The quantitative estimate of drug-likeness (QED) is 0.308. The lowest BCUT2D eigenvalue weighted by Gasteiger charge is -2.33. The molecule has 0 saturated heterocycles. The number of hydrogen-bond donors (Lipinski definition) is 1. The van der Waals surface area contributed by atoms with Crippen LogP contribution >= 0.6 is 23.2 Å². The SMILES string of the molecule is CCNC(=O)C(CC)N(Cc1ccc(Cl)cc1Cl)C(=O)CN(c1cc(C)ccc1C)S(=O)(=O)c1ccccc1. The van der Waals surface area contributed by atoms with E-state index in [0.29, 0.717) is 39.8 Å². The zero-order valence-electron chi connectivity index (χ0n) is 22.4. The highest BCUT2D eigenvalue weighted by Gasteiger charge is 2.34. The Labute approximate surface area is 240 Å². The highest BCUT2D eigenvalue weighted by atomic mass is 35.5. The average Bonchev–Trinajstić information content (AvgIpc) is 2.90. The van der Waals surface area contributed by atoms with Crippen LogP contribution in [0.15, 0.2) is 71.6 Å². The Hall–Kier alpha value is -3.07. The van der Waals surface area contributed by atoms with E-state index < -0.39 is 28.5 Å². The fourth-order valence-corrected chi connectivity index (χ4v) is 6.23. The molecule has 3 aromatic rings. The average molecular weight is 591 g/mol. The first kappa shape index (κ1) is 30.5. The van der Waals surface area contributed by atoms with E-state index in [-0.39, 0.29) is 17.3 Å². The second-order valence-corrected chi connectivity index (χ2v) is 11.9. The normalized spacial score (nSPS) is 12.1. The molecule has 2 amide bonds. The number of carbonyl (C=O) groups excluding carboxylic acids is 2. The lowest BCUT2D eigenvalue weighted by atomic mass is 10.1. The summed E-state index contributed by atoms with van der Waals surface area (Å²) in [4.78, 5) is 28.5. The van der Waals surface area contributed by atoms with Crippen molar-refractivity contribution < 1.29 is 18.0 Å². The predicted octanol–water partition coefficient (Wildman–Crippen LogP) is 5.75. The molecular formula is C29H33Cl2N3O4S. The van der Waals surface area contributed by atoms with Crippen molar-refractivity contribution in [2.45, 2.75) is 51.6 Å². The zero-order valence-corrected chi connectivity index (χ0v) is 24.8. The molecule has 0 spiro atoms. The maximum Gasteiger partial charge on any atom is 0.264 e. The van der Waals surface area contributed by atoms with E-state index in [1.165, 1.54) is 17.0 Å². The molecule has 0 fully saturated rings. The number of nitrogens with zero attached hydrogens (tertiary/aromatic N) is 2. The number of rotatable bonds is 11. The summed E-state index contributed by atoms with van der Waals surface area (Å²) in [6.07, 6.45) is 0.317. The van der Waals surface area contributed by atoms with Crippen LogP contribution in [0.25, 0.3) is 0 Å². The zero-order chi connectivity index (χ0) is 28.7. The van der Waals surface area contributed by atoms with Gasteiger partial charge in [0, 0.05) is 23.1 Å². The van der Waals surface area contributed by atoms with Crippen molar-refractivity contribution in [3.05, 3.63) is 93.5 Å². The third-order valence-electron chi connectivity index (χ3n) is 6.34. The number of sulfonamides is 1. The van der Waals surface area contributed by atoms with Crippen LogP contribution < -0.4 is 9.62 Å². The van der Waals surface area contributed by atoms with E-state index in [9.17, 15) is 18.0 Å². The second kappa shape index (κ2) is 13.3. The third kappa shape index (κ3) is 7.32. The topological polar surface area (TPSA) is 86.8 Å². The lowest BCUT2D eigenvalue weighted by Crippen LogP contribution is -2.52. The monoisotopic (exact) mass is 589 g/mol. The lowest BCUT2D eigenvalue weighted by molar-refractivity contribution is -0.140. The maximum absolute atomic E-state index is 14.1. The van der Waals surface area contributed by atoms with Gasteiger partial charge in [0.2, 0.25) is 11.8 Å². The van der Waals surface area contributed by atoms with Crippen LogP contribution in [-0.4, -0.2) is 44.3 Å². The summed E-state index contributed by atoms with van der Waals surface area (Å²) in [5, 5.41) is 3.56. The molecule has 3 rings (SSSR count). The first-order valence-corrected chi connectivity index (χ1v) is 14.8. The second-order valence-electron chi connectivity index (χ2n) is 9.19. The Morgan fingerprint density at radius 1 is 0.949 bits per heavy atom. The minimum atomic E-state index is -4.13. The van der Waals surface area contributed by atoms with Crippen molar-refractivity contribution >= 4 is 50.7 Å². The fraction of sp³-hybridized carbons (Fsp3) is 0.310. The highest BCUT2D eigenvalue weighted by Crippen LogP contribution is 2.29. The van der Waals surface area contributed by atoms with E-state index in [4.69, 9.17) is 23.2 Å². The Bertz CT molecular complexity index is 1430. The molecule has 0 aromatic heterocycles. The molecule has 0 bridgehead atoms. The molecule has 0 saturated carbocycles. The number of nitrogens with one attached hydrogen (secondary N) is 1. The van der Waals surface area contributed by atoms with E-state index in [2.05, 4.69) is 5.32 Å².